The summed E-state index contributed by atoms with van der Waals surface area (Å²) in [5.41, 5.74) is 1.19. The molecule has 0 aromatic heterocycles. The lowest BCUT2D eigenvalue weighted by Crippen LogP contribution is -2.23. The Labute approximate surface area is 109 Å². The van der Waals surface area contributed by atoms with Crippen molar-refractivity contribution >= 4 is 11.6 Å². The second-order valence-corrected chi connectivity index (χ2v) is 4.51. The highest BCUT2D eigenvalue weighted by Crippen LogP contribution is 2.19. The number of rotatable bonds is 8. The lowest BCUT2D eigenvalue weighted by Gasteiger charge is -2.18. The maximum absolute atomic E-state index is 5.90. The predicted octanol–water partition coefficient (Wildman–Crippen LogP) is 3.81. The lowest BCUT2D eigenvalue weighted by atomic mass is 10.1. The van der Waals surface area contributed by atoms with E-state index >= 15 is 0 Å². The number of hydrogen-bond donors (Lipinski definition) is 1. The highest BCUT2D eigenvalue weighted by Gasteiger charge is 2.10. The van der Waals surface area contributed by atoms with E-state index in [2.05, 4.69) is 19.2 Å². The number of benzene rings is 1. The van der Waals surface area contributed by atoms with Crippen molar-refractivity contribution < 1.29 is 4.74 Å². The number of nitrogens with one attached hydrogen (secondary N) is 1. The molecule has 0 heterocycles. The number of unbranched alkanes of at least 4 members (excludes halogenated alkanes) is 1. The second-order valence-electron chi connectivity index (χ2n) is 4.07. The monoisotopic (exact) mass is 255 g/mol. The topological polar surface area (TPSA) is 21.3 Å². The highest BCUT2D eigenvalue weighted by molar-refractivity contribution is 6.30. The number of likely N-dealkylation sites (N-methyl/N-ethyl adjacent to an activating group) is 1. The average Bonchev–Trinajstić information content (AvgIpc) is 2.35. The van der Waals surface area contributed by atoms with Crippen molar-refractivity contribution in [1.29, 1.82) is 0 Å². The minimum absolute atomic E-state index is 0.124. The van der Waals surface area contributed by atoms with Gasteiger partial charge in [-0.15, -0.1) is 0 Å². The van der Waals surface area contributed by atoms with Crippen LogP contribution in [0.15, 0.2) is 24.3 Å². The largest absolute Gasteiger partial charge is 0.372 e. The van der Waals surface area contributed by atoms with E-state index in [1.165, 1.54) is 5.56 Å². The summed E-state index contributed by atoms with van der Waals surface area (Å²) in [7, 11) is 0. The molecule has 1 unspecified atom stereocenters. The van der Waals surface area contributed by atoms with E-state index < -0.39 is 0 Å². The van der Waals surface area contributed by atoms with E-state index in [4.69, 9.17) is 16.3 Å². The van der Waals surface area contributed by atoms with Gasteiger partial charge in [0.05, 0.1) is 6.10 Å². The van der Waals surface area contributed by atoms with Gasteiger partial charge in [0.2, 0.25) is 0 Å². The van der Waals surface area contributed by atoms with Crippen LogP contribution in [0.25, 0.3) is 0 Å². The molecule has 1 atom stereocenters. The zero-order chi connectivity index (χ0) is 12.5. The lowest BCUT2D eigenvalue weighted by molar-refractivity contribution is 0.0510. The molecule has 1 N–H and O–H groups in total. The van der Waals surface area contributed by atoms with Crippen LogP contribution in [0.5, 0.6) is 0 Å². The maximum atomic E-state index is 5.90. The zero-order valence-corrected chi connectivity index (χ0v) is 11.5. The quantitative estimate of drug-likeness (QED) is 0.714. The number of hydrogen-bond acceptors (Lipinski definition) is 2. The molecule has 0 aliphatic rings. The molecule has 1 aromatic carbocycles. The van der Waals surface area contributed by atoms with Crippen LogP contribution in [0.3, 0.4) is 0 Å². The summed E-state index contributed by atoms with van der Waals surface area (Å²) in [5, 5.41) is 4.10. The van der Waals surface area contributed by atoms with Crippen LogP contribution in [0.4, 0.5) is 0 Å². The standard InChI is InChI=1S/C14H22ClNO/c1-3-5-10-17-14(11-16-4-2)12-6-8-13(15)9-7-12/h6-9,14,16H,3-5,10-11H2,1-2H3. The van der Waals surface area contributed by atoms with Gasteiger partial charge in [0.25, 0.3) is 0 Å². The van der Waals surface area contributed by atoms with Crippen molar-refractivity contribution in [2.75, 3.05) is 19.7 Å². The Morgan fingerprint density at radius 1 is 1.24 bits per heavy atom. The summed E-state index contributed by atoms with van der Waals surface area (Å²) >= 11 is 5.89. The smallest absolute Gasteiger partial charge is 0.0949 e. The van der Waals surface area contributed by atoms with E-state index in [1.54, 1.807) is 0 Å². The van der Waals surface area contributed by atoms with Gasteiger partial charge in [-0.05, 0) is 30.7 Å². The van der Waals surface area contributed by atoms with Gasteiger partial charge < -0.3 is 10.1 Å². The molecule has 0 amide bonds. The highest BCUT2D eigenvalue weighted by atomic mass is 35.5. The van der Waals surface area contributed by atoms with Crippen molar-refractivity contribution in [3.63, 3.8) is 0 Å². The Bertz CT molecular complexity index is 300. The van der Waals surface area contributed by atoms with Gasteiger partial charge in [0.1, 0.15) is 0 Å². The molecule has 0 spiro atoms. The first kappa shape index (κ1) is 14.5. The molecule has 0 fully saturated rings. The van der Waals surface area contributed by atoms with Gasteiger partial charge in [0.15, 0.2) is 0 Å². The van der Waals surface area contributed by atoms with Crippen LogP contribution in [0.1, 0.15) is 38.4 Å². The average molecular weight is 256 g/mol. The Hall–Kier alpha value is -0.570. The molecule has 0 bridgehead atoms. The fraction of sp³-hybridized carbons (Fsp3) is 0.571. The molecular weight excluding hydrogens is 234 g/mol. The third-order valence-corrected chi connectivity index (χ3v) is 2.89. The van der Waals surface area contributed by atoms with Gasteiger partial charge >= 0.3 is 0 Å². The van der Waals surface area contributed by atoms with E-state index in [1.807, 2.05) is 24.3 Å². The molecule has 3 heteroatoms. The summed E-state index contributed by atoms with van der Waals surface area (Å²) in [6.45, 7) is 6.90. The van der Waals surface area contributed by atoms with Crippen LogP contribution < -0.4 is 5.32 Å². The van der Waals surface area contributed by atoms with Crippen LogP contribution in [-0.2, 0) is 4.74 Å². The third-order valence-electron chi connectivity index (χ3n) is 2.64. The van der Waals surface area contributed by atoms with Crippen LogP contribution >= 0.6 is 11.6 Å². The van der Waals surface area contributed by atoms with E-state index in [9.17, 15) is 0 Å². The molecule has 1 rings (SSSR count). The zero-order valence-electron chi connectivity index (χ0n) is 10.7. The Morgan fingerprint density at radius 3 is 2.53 bits per heavy atom. The second kappa shape index (κ2) is 8.51. The predicted molar refractivity (Wildman–Crippen MR) is 73.6 cm³/mol. The Balaban J connectivity index is 2.57. The third kappa shape index (κ3) is 5.53. The Kier molecular flexibility index (Phi) is 7.25. The molecule has 96 valence electrons. The molecular formula is C14H22ClNO. The van der Waals surface area contributed by atoms with Crippen molar-refractivity contribution in [1.82, 2.24) is 5.32 Å². The van der Waals surface area contributed by atoms with Crippen molar-refractivity contribution in [3.05, 3.63) is 34.9 Å². The first-order valence-electron chi connectivity index (χ1n) is 6.35. The fourth-order valence-electron chi connectivity index (χ4n) is 1.60. The van der Waals surface area contributed by atoms with Gasteiger partial charge in [0, 0.05) is 18.2 Å². The van der Waals surface area contributed by atoms with Gasteiger partial charge in [-0.1, -0.05) is 44.0 Å². The van der Waals surface area contributed by atoms with Gasteiger partial charge in [-0.2, -0.15) is 0 Å². The summed E-state index contributed by atoms with van der Waals surface area (Å²) in [5.74, 6) is 0. The summed E-state index contributed by atoms with van der Waals surface area (Å²) in [6.07, 6.45) is 2.39. The minimum Gasteiger partial charge on any atom is -0.372 e. The molecule has 0 saturated heterocycles. The van der Waals surface area contributed by atoms with Crippen molar-refractivity contribution in [2.45, 2.75) is 32.8 Å². The van der Waals surface area contributed by atoms with Crippen molar-refractivity contribution in [3.8, 4) is 0 Å². The molecule has 0 radical (unpaired) electrons. The summed E-state index contributed by atoms with van der Waals surface area (Å²) in [4.78, 5) is 0. The van der Waals surface area contributed by atoms with Crippen LogP contribution in [0.2, 0.25) is 5.02 Å². The van der Waals surface area contributed by atoms with Gasteiger partial charge in [-0.3, -0.25) is 0 Å². The van der Waals surface area contributed by atoms with E-state index in [0.717, 1.165) is 37.6 Å². The van der Waals surface area contributed by atoms with Crippen LogP contribution in [0, 0.1) is 0 Å². The van der Waals surface area contributed by atoms with Crippen LogP contribution in [-0.4, -0.2) is 19.7 Å². The molecule has 17 heavy (non-hydrogen) atoms. The maximum Gasteiger partial charge on any atom is 0.0949 e. The number of ether oxygens (including phenoxy) is 1. The molecule has 0 saturated carbocycles. The van der Waals surface area contributed by atoms with E-state index in [0.29, 0.717) is 0 Å². The normalized spacial score (nSPS) is 12.6. The summed E-state index contributed by atoms with van der Waals surface area (Å²) in [6, 6.07) is 7.91. The van der Waals surface area contributed by atoms with Crippen molar-refractivity contribution in [2.24, 2.45) is 0 Å². The summed E-state index contributed by atoms with van der Waals surface area (Å²) < 4.78 is 5.90. The molecule has 0 aliphatic carbocycles. The fourth-order valence-corrected chi connectivity index (χ4v) is 1.72. The molecule has 2 nitrogen and oxygen atoms in total. The first-order chi connectivity index (χ1) is 8.27. The SMILES string of the molecule is CCCCOC(CNCC)c1ccc(Cl)cc1. The Morgan fingerprint density at radius 2 is 1.94 bits per heavy atom. The molecule has 0 aliphatic heterocycles. The van der Waals surface area contributed by atoms with E-state index in [-0.39, 0.29) is 6.10 Å². The first-order valence-corrected chi connectivity index (χ1v) is 6.73. The minimum atomic E-state index is 0.124. The van der Waals surface area contributed by atoms with Gasteiger partial charge in [-0.25, -0.2) is 0 Å². The molecule has 1 aromatic rings. The number of halogens is 1.